The fraction of sp³-hybridized carbons (Fsp3) is 0.444. The van der Waals surface area contributed by atoms with Crippen LogP contribution in [0, 0.1) is 35.5 Å². The number of carbonyl (C=O) groups is 2. The molecule has 22 heavy (non-hydrogen) atoms. The topological polar surface area (TPSA) is 37.4 Å². The van der Waals surface area contributed by atoms with Crippen molar-refractivity contribution >= 4 is 23.4 Å². The second-order valence-electron chi connectivity index (χ2n) is 7.01. The molecule has 112 valence electrons. The van der Waals surface area contributed by atoms with E-state index in [4.69, 9.17) is 11.6 Å². The van der Waals surface area contributed by atoms with Crippen molar-refractivity contribution < 1.29 is 9.59 Å². The van der Waals surface area contributed by atoms with Crippen molar-refractivity contribution in [3.63, 3.8) is 0 Å². The highest BCUT2D eigenvalue weighted by Gasteiger charge is 2.66. The number of carbonyl (C=O) groups excluding carboxylic acids is 2. The normalized spacial score (nSPS) is 40.9. The molecule has 2 amide bonds. The van der Waals surface area contributed by atoms with Gasteiger partial charge in [0.05, 0.1) is 18.4 Å². The van der Waals surface area contributed by atoms with Crippen molar-refractivity contribution in [2.45, 2.75) is 13.0 Å². The smallest absolute Gasteiger partial charge is 0.234 e. The van der Waals surface area contributed by atoms with E-state index in [2.05, 4.69) is 12.2 Å². The Morgan fingerprint density at radius 2 is 1.59 bits per heavy atom. The first-order chi connectivity index (χ1) is 10.7. The highest BCUT2D eigenvalue weighted by molar-refractivity contribution is 6.31. The van der Waals surface area contributed by atoms with Crippen molar-refractivity contribution in [1.82, 2.24) is 4.90 Å². The SMILES string of the molecule is O=C1[C@@H]2[C@H]3C=C[C@@H]([C@@H]4C[C@@H]34)[C@H]2C(=O)N1Cc1ccccc1Cl. The number of benzene rings is 1. The van der Waals surface area contributed by atoms with Crippen molar-refractivity contribution in [1.29, 1.82) is 0 Å². The van der Waals surface area contributed by atoms with Gasteiger partial charge in [0.15, 0.2) is 0 Å². The third-order valence-corrected chi connectivity index (χ3v) is 6.41. The predicted octanol–water partition coefficient (Wildman–Crippen LogP) is 2.89. The van der Waals surface area contributed by atoms with E-state index in [0.29, 0.717) is 23.4 Å². The fourth-order valence-corrected chi connectivity index (χ4v) is 5.17. The van der Waals surface area contributed by atoms with Crippen LogP contribution in [0.3, 0.4) is 0 Å². The van der Waals surface area contributed by atoms with Crippen LogP contribution in [-0.2, 0) is 16.1 Å². The summed E-state index contributed by atoms with van der Waals surface area (Å²) in [7, 11) is 0. The fourth-order valence-electron chi connectivity index (χ4n) is 4.97. The van der Waals surface area contributed by atoms with Crippen LogP contribution in [0.4, 0.5) is 0 Å². The van der Waals surface area contributed by atoms with E-state index in [-0.39, 0.29) is 35.5 Å². The molecule has 0 spiro atoms. The lowest BCUT2D eigenvalue weighted by atomic mass is 9.63. The van der Waals surface area contributed by atoms with E-state index < -0.39 is 0 Å². The average Bonchev–Trinajstić information content (AvgIpc) is 3.30. The summed E-state index contributed by atoms with van der Waals surface area (Å²) in [5.74, 6) is 1.66. The number of hydrogen-bond donors (Lipinski definition) is 0. The number of hydrogen-bond acceptors (Lipinski definition) is 2. The third-order valence-electron chi connectivity index (χ3n) is 6.04. The number of amides is 2. The summed E-state index contributed by atoms with van der Waals surface area (Å²) in [4.78, 5) is 27.1. The van der Waals surface area contributed by atoms with Gasteiger partial charge in [0, 0.05) is 5.02 Å². The largest absolute Gasteiger partial charge is 0.278 e. The van der Waals surface area contributed by atoms with Crippen LogP contribution >= 0.6 is 11.6 Å². The molecule has 1 saturated heterocycles. The molecule has 4 heteroatoms. The first kappa shape index (κ1) is 12.9. The monoisotopic (exact) mass is 313 g/mol. The van der Waals surface area contributed by atoms with E-state index in [1.165, 1.54) is 11.3 Å². The van der Waals surface area contributed by atoms with Gasteiger partial charge in [0.25, 0.3) is 0 Å². The maximum Gasteiger partial charge on any atom is 0.234 e. The standard InChI is InChI=1S/C18H16ClNO2/c19-14-4-2-1-3-9(14)8-20-17(21)15-10-5-6-11(13-7-12(10)13)16(15)18(20)22/h1-6,10-13,15-16H,7-8H2/t10-,11-,12-,13-,15+,16+/m0/s1. The second kappa shape index (κ2) is 4.23. The maximum absolute atomic E-state index is 12.8. The summed E-state index contributed by atoms with van der Waals surface area (Å²) < 4.78 is 0. The van der Waals surface area contributed by atoms with Crippen molar-refractivity contribution in [3.05, 3.63) is 47.0 Å². The molecule has 0 N–H and O–H groups in total. The Hall–Kier alpha value is -1.61. The quantitative estimate of drug-likeness (QED) is 0.622. The number of halogens is 1. The Kier molecular flexibility index (Phi) is 2.48. The van der Waals surface area contributed by atoms with E-state index in [1.54, 1.807) is 6.07 Å². The summed E-state index contributed by atoms with van der Waals surface area (Å²) >= 11 is 6.19. The Bertz CT molecular complexity index is 692. The molecule has 5 aliphatic rings. The van der Waals surface area contributed by atoms with E-state index in [9.17, 15) is 9.59 Å². The number of likely N-dealkylation sites (tertiary alicyclic amines) is 1. The van der Waals surface area contributed by atoms with E-state index >= 15 is 0 Å². The number of rotatable bonds is 2. The zero-order chi connectivity index (χ0) is 15.0. The minimum atomic E-state index is -0.117. The van der Waals surface area contributed by atoms with Gasteiger partial charge in [-0.25, -0.2) is 0 Å². The Labute approximate surface area is 133 Å². The number of nitrogens with zero attached hydrogens (tertiary/aromatic N) is 1. The summed E-state index contributed by atoms with van der Waals surface area (Å²) in [5.41, 5.74) is 0.843. The van der Waals surface area contributed by atoms with Crippen molar-refractivity contribution in [2.24, 2.45) is 35.5 Å². The van der Waals surface area contributed by atoms with Gasteiger partial charge in [-0.05, 0) is 41.7 Å². The summed E-state index contributed by atoms with van der Waals surface area (Å²) in [6, 6.07) is 7.43. The van der Waals surface area contributed by atoms with Gasteiger partial charge in [-0.15, -0.1) is 0 Å². The molecule has 1 heterocycles. The summed E-state index contributed by atoms with van der Waals surface area (Å²) in [6.07, 6.45) is 5.59. The molecule has 4 aliphatic carbocycles. The molecule has 3 fully saturated rings. The average molecular weight is 314 g/mol. The summed E-state index contributed by atoms with van der Waals surface area (Å²) in [6.45, 7) is 0.305. The zero-order valence-electron chi connectivity index (χ0n) is 12.0. The molecule has 0 radical (unpaired) electrons. The molecule has 6 atom stereocenters. The van der Waals surface area contributed by atoms with Crippen LogP contribution < -0.4 is 0 Å². The summed E-state index contributed by atoms with van der Waals surface area (Å²) in [5, 5.41) is 0.613. The van der Waals surface area contributed by atoms with Crippen molar-refractivity contribution in [3.8, 4) is 0 Å². The zero-order valence-corrected chi connectivity index (χ0v) is 12.7. The molecule has 2 saturated carbocycles. The highest BCUT2D eigenvalue weighted by atomic mass is 35.5. The number of imide groups is 1. The molecule has 0 aromatic heterocycles. The van der Waals surface area contributed by atoms with Crippen LogP contribution in [0.15, 0.2) is 36.4 Å². The molecule has 0 unspecified atom stereocenters. The Balaban J connectivity index is 1.49. The second-order valence-corrected chi connectivity index (χ2v) is 7.42. The maximum atomic E-state index is 12.8. The van der Waals surface area contributed by atoms with Gasteiger partial charge in [-0.1, -0.05) is 42.0 Å². The van der Waals surface area contributed by atoms with E-state index in [0.717, 1.165) is 5.56 Å². The predicted molar refractivity (Wildman–Crippen MR) is 81.7 cm³/mol. The Morgan fingerprint density at radius 1 is 1.00 bits per heavy atom. The molecule has 1 aromatic rings. The van der Waals surface area contributed by atoms with Gasteiger partial charge in [0.2, 0.25) is 11.8 Å². The first-order valence-electron chi connectivity index (χ1n) is 7.94. The first-order valence-corrected chi connectivity index (χ1v) is 8.31. The van der Waals surface area contributed by atoms with Crippen LogP contribution in [-0.4, -0.2) is 16.7 Å². The molecule has 1 aromatic carbocycles. The van der Waals surface area contributed by atoms with Crippen molar-refractivity contribution in [2.75, 3.05) is 0 Å². The van der Waals surface area contributed by atoms with Gasteiger partial charge in [-0.2, -0.15) is 0 Å². The molecular formula is C18H16ClNO2. The highest BCUT2D eigenvalue weighted by Crippen LogP contribution is 2.65. The van der Waals surface area contributed by atoms with Crippen LogP contribution in [0.5, 0.6) is 0 Å². The third kappa shape index (κ3) is 1.52. The van der Waals surface area contributed by atoms with Gasteiger partial charge in [0.1, 0.15) is 0 Å². The Morgan fingerprint density at radius 3 is 2.18 bits per heavy atom. The lowest BCUT2D eigenvalue weighted by Gasteiger charge is -2.37. The number of allylic oxidation sites excluding steroid dienone is 2. The van der Waals surface area contributed by atoms with Crippen LogP contribution in [0.2, 0.25) is 5.02 Å². The molecule has 2 bridgehead atoms. The van der Waals surface area contributed by atoms with Gasteiger partial charge >= 0.3 is 0 Å². The van der Waals surface area contributed by atoms with Gasteiger partial charge in [-0.3, -0.25) is 14.5 Å². The minimum absolute atomic E-state index is 0.0135. The van der Waals surface area contributed by atoms with Crippen LogP contribution in [0.1, 0.15) is 12.0 Å². The minimum Gasteiger partial charge on any atom is -0.278 e. The van der Waals surface area contributed by atoms with Crippen LogP contribution in [0.25, 0.3) is 0 Å². The lowest BCUT2D eigenvalue weighted by Crippen LogP contribution is -2.40. The molecule has 1 aliphatic heterocycles. The molecular weight excluding hydrogens is 298 g/mol. The molecule has 6 rings (SSSR count). The van der Waals surface area contributed by atoms with E-state index in [1.807, 2.05) is 18.2 Å². The molecule has 3 nitrogen and oxygen atoms in total. The van der Waals surface area contributed by atoms with Gasteiger partial charge < -0.3 is 0 Å². The lowest BCUT2D eigenvalue weighted by molar-refractivity contribution is -0.140.